The van der Waals surface area contributed by atoms with Crippen LogP contribution in [0.15, 0.2) is 12.2 Å². The highest BCUT2D eigenvalue weighted by Gasteiger charge is 2.41. The fraction of sp³-hybridized carbons (Fsp3) is 0.800. The van der Waals surface area contributed by atoms with E-state index < -0.39 is 5.79 Å². The van der Waals surface area contributed by atoms with Crippen molar-refractivity contribution < 1.29 is 19.0 Å². The molecule has 1 saturated heterocycles. The van der Waals surface area contributed by atoms with Crippen molar-refractivity contribution >= 4 is 5.97 Å². The summed E-state index contributed by atoms with van der Waals surface area (Å²) in [5.41, 5.74) is 0.416. The van der Waals surface area contributed by atoms with E-state index >= 15 is 0 Å². The Labute approximate surface area is 115 Å². The zero-order valence-corrected chi connectivity index (χ0v) is 11.8. The summed E-state index contributed by atoms with van der Waals surface area (Å²) in [5, 5.41) is 0. The van der Waals surface area contributed by atoms with Crippen LogP contribution in [0.25, 0.3) is 0 Å². The van der Waals surface area contributed by atoms with Gasteiger partial charge in [0.1, 0.15) is 12.7 Å². The van der Waals surface area contributed by atoms with Crippen molar-refractivity contribution in [2.75, 3.05) is 13.2 Å². The van der Waals surface area contributed by atoms with E-state index in [1.165, 1.54) is 19.3 Å². The number of rotatable bonds is 3. The zero-order chi connectivity index (χ0) is 13.7. The van der Waals surface area contributed by atoms with Gasteiger partial charge in [-0.1, -0.05) is 25.8 Å². The molecule has 2 fully saturated rings. The Balaban J connectivity index is 1.80. The average molecular weight is 268 g/mol. The summed E-state index contributed by atoms with van der Waals surface area (Å²) in [7, 11) is 0. The van der Waals surface area contributed by atoms with Gasteiger partial charge in [0.05, 0.1) is 6.61 Å². The Bertz CT molecular complexity index is 329. The summed E-state index contributed by atoms with van der Waals surface area (Å²) in [4.78, 5) is 11.3. The van der Waals surface area contributed by atoms with E-state index in [2.05, 4.69) is 6.58 Å². The highest BCUT2D eigenvalue weighted by Crippen LogP contribution is 2.36. The van der Waals surface area contributed by atoms with Crippen LogP contribution in [0.2, 0.25) is 0 Å². The average Bonchev–Trinajstić information content (AvgIpc) is 2.76. The lowest BCUT2D eigenvalue weighted by Gasteiger charge is -2.29. The Morgan fingerprint density at radius 2 is 1.89 bits per heavy atom. The number of hydrogen-bond donors (Lipinski definition) is 0. The molecule has 1 unspecified atom stereocenters. The molecule has 4 heteroatoms. The first kappa shape index (κ1) is 14.5. The van der Waals surface area contributed by atoms with Crippen molar-refractivity contribution in [2.45, 2.75) is 63.8 Å². The second kappa shape index (κ2) is 6.53. The topological polar surface area (TPSA) is 44.8 Å². The van der Waals surface area contributed by atoms with Crippen molar-refractivity contribution in [1.82, 2.24) is 0 Å². The Morgan fingerprint density at radius 1 is 1.26 bits per heavy atom. The third-order valence-electron chi connectivity index (χ3n) is 3.78. The van der Waals surface area contributed by atoms with Gasteiger partial charge in [0.25, 0.3) is 0 Å². The van der Waals surface area contributed by atoms with Gasteiger partial charge in [0.15, 0.2) is 5.79 Å². The van der Waals surface area contributed by atoms with Gasteiger partial charge in [0, 0.05) is 18.4 Å². The Kier molecular flexibility index (Phi) is 4.99. The van der Waals surface area contributed by atoms with Gasteiger partial charge in [0.2, 0.25) is 0 Å². The minimum atomic E-state index is -0.416. The first-order valence-corrected chi connectivity index (χ1v) is 7.26. The third kappa shape index (κ3) is 4.05. The summed E-state index contributed by atoms with van der Waals surface area (Å²) >= 11 is 0. The number of ether oxygens (including phenoxy) is 3. The second-order valence-electron chi connectivity index (χ2n) is 5.61. The van der Waals surface area contributed by atoms with Gasteiger partial charge in [-0.15, -0.1) is 0 Å². The molecule has 108 valence electrons. The standard InChI is InChI=1S/C15H24O4/c1-12(2)14(16)17-10-13-11-18-15(19-13)8-6-4-3-5-7-9-15/h13H,1,3-11H2,2H3. The molecular weight excluding hydrogens is 244 g/mol. The predicted octanol–water partition coefficient (Wildman–Crippen LogP) is 2.96. The lowest BCUT2D eigenvalue weighted by atomic mass is 9.96. The van der Waals surface area contributed by atoms with E-state index in [1.807, 2.05) is 0 Å². The van der Waals surface area contributed by atoms with Crippen molar-refractivity contribution in [3.63, 3.8) is 0 Å². The van der Waals surface area contributed by atoms with Gasteiger partial charge in [-0.25, -0.2) is 4.79 Å². The van der Waals surface area contributed by atoms with Crippen LogP contribution in [0.5, 0.6) is 0 Å². The Hall–Kier alpha value is -0.870. The number of hydrogen-bond acceptors (Lipinski definition) is 4. The van der Waals surface area contributed by atoms with Crippen molar-refractivity contribution in [2.24, 2.45) is 0 Å². The molecule has 1 heterocycles. The SMILES string of the molecule is C=C(C)C(=O)OCC1COC2(CCCCCCC2)O1. The molecule has 0 aromatic carbocycles. The molecule has 1 aliphatic carbocycles. The zero-order valence-electron chi connectivity index (χ0n) is 11.8. The first-order valence-electron chi connectivity index (χ1n) is 7.26. The molecule has 0 radical (unpaired) electrons. The molecule has 1 spiro atoms. The summed E-state index contributed by atoms with van der Waals surface area (Å²) in [6.45, 7) is 5.98. The number of esters is 1. The minimum Gasteiger partial charge on any atom is -0.459 e. The Morgan fingerprint density at radius 3 is 2.53 bits per heavy atom. The smallest absolute Gasteiger partial charge is 0.333 e. The van der Waals surface area contributed by atoms with Crippen LogP contribution in [0.3, 0.4) is 0 Å². The van der Waals surface area contributed by atoms with Crippen molar-refractivity contribution in [3.05, 3.63) is 12.2 Å². The van der Waals surface area contributed by atoms with Crippen LogP contribution in [-0.2, 0) is 19.0 Å². The second-order valence-corrected chi connectivity index (χ2v) is 5.61. The molecule has 1 saturated carbocycles. The molecule has 2 aliphatic rings. The first-order chi connectivity index (χ1) is 9.11. The van der Waals surface area contributed by atoms with Crippen LogP contribution < -0.4 is 0 Å². The van der Waals surface area contributed by atoms with Gasteiger partial charge >= 0.3 is 5.97 Å². The molecule has 0 aromatic heterocycles. The van der Waals surface area contributed by atoms with Gasteiger partial charge in [-0.3, -0.25) is 0 Å². The number of carbonyl (C=O) groups excluding carboxylic acids is 1. The summed E-state index contributed by atoms with van der Waals surface area (Å²) < 4.78 is 17.0. The van der Waals surface area contributed by atoms with Crippen molar-refractivity contribution in [1.29, 1.82) is 0 Å². The van der Waals surface area contributed by atoms with E-state index in [-0.39, 0.29) is 18.7 Å². The summed E-state index contributed by atoms with van der Waals surface area (Å²) in [6.07, 6.45) is 7.90. The maximum atomic E-state index is 11.3. The van der Waals surface area contributed by atoms with Crippen LogP contribution >= 0.6 is 0 Å². The molecule has 4 nitrogen and oxygen atoms in total. The third-order valence-corrected chi connectivity index (χ3v) is 3.78. The molecule has 0 amide bonds. The van der Waals surface area contributed by atoms with Crippen molar-refractivity contribution in [3.8, 4) is 0 Å². The van der Waals surface area contributed by atoms with E-state index in [4.69, 9.17) is 14.2 Å². The molecule has 0 bridgehead atoms. The predicted molar refractivity (Wildman–Crippen MR) is 71.6 cm³/mol. The van der Waals surface area contributed by atoms with E-state index in [0.717, 1.165) is 25.7 Å². The quantitative estimate of drug-likeness (QED) is 0.583. The van der Waals surface area contributed by atoms with Gasteiger partial charge < -0.3 is 14.2 Å². The molecule has 1 aliphatic heterocycles. The molecule has 1 atom stereocenters. The molecule has 0 N–H and O–H groups in total. The van der Waals surface area contributed by atoms with Crippen LogP contribution in [0, 0.1) is 0 Å². The van der Waals surface area contributed by atoms with Crippen LogP contribution in [-0.4, -0.2) is 31.1 Å². The fourth-order valence-electron chi connectivity index (χ4n) is 2.70. The van der Waals surface area contributed by atoms with Crippen LogP contribution in [0.4, 0.5) is 0 Å². The van der Waals surface area contributed by atoms with Gasteiger partial charge in [-0.2, -0.15) is 0 Å². The monoisotopic (exact) mass is 268 g/mol. The summed E-state index contributed by atoms with van der Waals surface area (Å²) in [5.74, 6) is -0.775. The highest BCUT2D eigenvalue weighted by atomic mass is 16.8. The molecule has 0 aromatic rings. The minimum absolute atomic E-state index is 0.136. The molecule has 2 rings (SSSR count). The fourth-order valence-corrected chi connectivity index (χ4v) is 2.70. The van der Waals surface area contributed by atoms with Crippen LogP contribution in [0.1, 0.15) is 51.9 Å². The van der Waals surface area contributed by atoms with E-state index in [0.29, 0.717) is 12.2 Å². The van der Waals surface area contributed by atoms with Gasteiger partial charge in [-0.05, 0) is 19.8 Å². The molecule has 19 heavy (non-hydrogen) atoms. The maximum absolute atomic E-state index is 11.3. The normalized spacial score (nSPS) is 26.7. The van der Waals surface area contributed by atoms with E-state index in [9.17, 15) is 4.79 Å². The lowest BCUT2D eigenvalue weighted by Crippen LogP contribution is -2.32. The lowest BCUT2D eigenvalue weighted by molar-refractivity contribution is -0.186. The maximum Gasteiger partial charge on any atom is 0.333 e. The largest absolute Gasteiger partial charge is 0.459 e. The highest BCUT2D eigenvalue weighted by molar-refractivity contribution is 5.86. The van der Waals surface area contributed by atoms with E-state index in [1.54, 1.807) is 6.92 Å². The molecular formula is C15H24O4. The summed E-state index contributed by atoms with van der Waals surface area (Å²) in [6, 6.07) is 0. The number of carbonyl (C=O) groups is 1.